The van der Waals surface area contributed by atoms with Gasteiger partial charge >= 0.3 is 5.97 Å². The van der Waals surface area contributed by atoms with Gasteiger partial charge in [-0.2, -0.15) is 0 Å². The number of ether oxygens (including phenoxy) is 4. The number of rotatable bonds is 3. The quantitative estimate of drug-likeness (QED) is 0.546. The summed E-state index contributed by atoms with van der Waals surface area (Å²) in [6.07, 6.45) is 0.365. The van der Waals surface area contributed by atoms with Gasteiger partial charge in [0.05, 0.1) is 0 Å². The Morgan fingerprint density at radius 1 is 1.47 bits per heavy atom. The van der Waals surface area contributed by atoms with Gasteiger partial charge in [0, 0.05) is 7.11 Å². The van der Waals surface area contributed by atoms with E-state index in [1.807, 2.05) is 13.8 Å². The van der Waals surface area contributed by atoms with Gasteiger partial charge in [0.1, 0.15) is 12.2 Å². The first kappa shape index (κ1) is 12.5. The lowest BCUT2D eigenvalue weighted by atomic mass is 10.0. The van der Waals surface area contributed by atoms with Crippen LogP contribution in [0.1, 0.15) is 20.3 Å². The molecule has 3 unspecified atom stereocenters. The Morgan fingerprint density at radius 2 is 2.18 bits per heavy atom. The topological polar surface area (TPSA) is 54.0 Å². The van der Waals surface area contributed by atoms with Crippen LogP contribution in [0.25, 0.3) is 0 Å². The van der Waals surface area contributed by atoms with Crippen molar-refractivity contribution < 1.29 is 23.7 Å². The first-order chi connectivity index (χ1) is 8.04. The first-order valence-corrected chi connectivity index (χ1v) is 5.76. The Hall–Kier alpha value is -0.910. The second-order valence-corrected chi connectivity index (χ2v) is 4.45. The number of hydrogen-bond donors (Lipinski definition) is 0. The molecule has 17 heavy (non-hydrogen) atoms. The molecule has 0 aliphatic carbocycles. The number of hydrogen-bond acceptors (Lipinski definition) is 5. The molecule has 0 bridgehead atoms. The Labute approximate surface area is 101 Å². The van der Waals surface area contributed by atoms with Gasteiger partial charge in [-0.15, -0.1) is 6.58 Å². The van der Waals surface area contributed by atoms with E-state index >= 15 is 0 Å². The highest BCUT2D eigenvalue weighted by molar-refractivity contribution is 5.78. The Balaban J connectivity index is 2.26. The maximum Gasteiger partial charge on any atom is 0.338 e. The average Bonchev–Trinajstić information content (AvgIpc) is 2.63. The van der Waals surface area contributed by atoms with Crippen molar-refractivity contribution in [2.75, 3.05) is 7.11 Å². The molecule has 2 rings (SSSR count). The highest BCUT2D eigenvalue weighted by Crippen LogP contribution is 2.37. The van der Waals surface area contributed by atoms with Gasteiger partial charge in [-0.1, -0.05) is 13.0 Å². The molecular formula is C12H18O5. The third-order valence-electron chi connectivity index (χ3n) is 3.33. The smallest absolute Gasteiger partial charge is 0.338 e. The summed E-state index contributed by atoms with van der Waals surface area (Å²) in [5.74, 6) is -1.14. The number of fused-ring (bicyclic) bond motifs is 1. The fourth-order valence-corrected chi connectivity index (χ4v) is 2.21. The molecule has 0 spiro atoms. The molecular weight excluding hydrogens is 224 g/mol. The third-order valence-corrected chi connectivity index (χ3v) is 3.33. The monoisotopic (exact) mass is 242 g/mol. The van der Waals surface area contributed by atoms with Gasteiger partial charge in [0.15, 0.2) is 18.0 Å². The molecule has 0 aromatic heterocycles. The summed E-state index contributed by atoms with van der Waals surface area (Å²) in [7, 11) is 1.47. The van der Waals surface area contributed by atoms with E-state index in [0.717, 1.165) is 0 Å². The van der Waals surface area contributed by atoms with E-state index in [1.54, 1.807) is 6.08 Å². The molecule has 5 atom stereocenters. The van der Waals surface area contributed by atoms with Crippen LogP contribution in [-0.4, -0.2) is 43.3 Å². The molecule has 5 nitrogen and oxygen atoms in total. The molecule has 0 saturated carbocycles. The number of esters is 1. The first-order valence-electron chi connectivity index (χ1n) is 5.76. The fraction of sp³-hybridized carbons (Fsp3) is 0.750. The molecule has 2 aliphatic rings. The summed E-state index contributed by atoms with van der Waals surface area (Å²) < 4.78 is 21.9. The second-order valence-electron chi connectivity index (χ2n) is 4.45. The van der Waals surface area contributed by atoms with Gasteiger partial charge in [0.25, 0.3) is 0 Å². The van der Waals surface area contributed by atoms with E-state index in [2.05, 4.69) is 6.58 Å². The van der Waals surface area contributed by atoms with Crippen LogP contribution in [0.4, 0.5) is 0 Å². The van der Waals surface area contributed by atoms with Crippen molar-refractivity contribution in [3.63, 3.8) is 0 Å². The van der Waals surface area contributed by atoms with E-state index in [-0.39, 0.29) is 6.10 Å². The van der Waals surface area contributed by atoms with Crippen LogP contribution < -0.4 is 0 Å². The highest BCUT2D eigenvalue weighted by Gasteiger charge is 2.56. The zero-order valence-electron chi connectivity index (χ0n) is 10.3. The van der Waals surface area contributed by atoms with E-state index in [9.17, 15) is 4.79 Å². The molecule has 2 fully saturated rings. The molecule has 0 radical (unpaired) electrons. The summed E-state index contributed by atoms with van der Waals surface area (Å²) in [4.78, 5) is 11.6. The molecule has 96 valence electrons. The predicted octanol–water partition coefficient (Wildman–Crippen LogP) is 1.02. The normalized spacial score (nSPS) is 45.2. The van der Waals surface area contributed by atoms with E-state index in [4.69, 9.17) is 18.9 Å². The summed E-state index contributed by atoms with van der Waals surface area (Å²) in [6, 6.07) is 0. The molecule has 2 aliphatic heterocycles. The van der Waals surface area contributed by atoms with Crippen molar-refractivity contribution in [3.8, 4) is 0 Å². The van der Waals surface area contributed by atoms with E-state index < -0.39 is 30.1 Å². The summed E-state index contributed by atoms with van der Waals surface area (Å²) in [5.41, 5.74) is 0. The Kier molecular flexibility index (Phi) is 3.25. The zero-order chi connectivity index (χ0) is 12.6. The van der Waals surface area contributed by atoms with Crippen LogP contribution in [-0.2, 0) is 23.7 Å². The van der Waals surface area contributed by atoms with E-state index in [1.165, 1.54) is 7.11 Å². The lowest BCUT2D eigenvalue weighted by Crippen LogP contribution is -2.55. The maximum atomic E-state index is 11.6. The molecule has 2 saturated heterocycles. The molecule has 0 amide bonds. The van der Waals surface area contributed by atoms with Crippen LogP contribution in [0.3, 0.4) is 0 Å². The van der Waals surface area contributed by atoms with Crippen LogP contribution in [0.2, 0.25) is 0 Å². The number of methoxy groups -OCH3 is 1. The minimum Gasteiger partial charge on any atom is -0.454 e. The van der Waals surface area contributed by atoms with Crippen molar-refractivity contribution in [2.45, 2.75) is 50.5 Å². The van der Waals surface area contributed by atoms with Crippen molar-refractivity contribution in [1.82, 2.24) is 0 Å². The zero-order valence-corrected chi connectivity index (χ0v) is 10.3. The SMILES string of the molecule is C=C[C@H]1OC(C)(CC)OC2C1OC(=O)[C@@H]2OC. The summed E-state index contributed by atoms with van der Waals surface area (Å²) in [6.45, 7) is 7.51. The van der Waals surface area contributed by atoms with Crippen molar-refractivity contribution in [1.29, 1.82) is 0 Å². The lowest BCUT2D eigenvalue weighted by Gasteiger charge is -2.43. The molecule has 0 aromatic carbocycles. The Morgan fingerprint density at radius 3 is 2.71 bits per heavy atom. The van der Waals surface area contributed by atoms with Gasteiger partial charge in [0.2, 0.25) is 0 Å². The number of carbonyl (C=O) groups excluding carboxylic acids is 1. The average molecular weight is 242 g/mol. The minimum atomic E-state index is -0.731. The van der Waals surface area contributed by atoms with Crippen LogP contribution in [0, 0.1) is 0 Å². The summed E-state index contributed by atoms with van der Waals surface area (Å²) >= 11 is 0. The molecule has 5 heteroatoms. The molecule has 0 N–H and O–H groups in total. The highest BCUT2D eigenvalue weighted by atomic mass is 16.8. The summed E-state index contributed by atoms with van der Waals surface area (Å²) in [5, 5.41) is 0. The standard InChI is InChI=1S/C12H18O5/c1-5-7-8-9(10(14-4)11(13)15-8)17-12(3,6-2)16-7/h5,7-10H,1,6H2,2-4H3/t7-,8?,9?,10-,12?/m1/s1. The fourth-order valence-electron chi connectivity index (χ4n) is 2.21. The second kappa shape index (κ2) is 4.40. The Bertz CT molecular complexity index is 329. The largest absolute Gasteiger partial charge is 0.454 e. The van der Waals surface area contributed by atoms with Gasteiger partial charge in [-0.3, -0.25) is 0 Å². The van der Waals surface area contributed by atoms with Gasteiger partial charge in [-0.25, -0.2) is 4.79 Å². The maximum absolute atomic E-state index is 11.6. The van der Waals surface area contributed by atoms with Crippen molar-refractivity contribution >= 4 is 5.97 Å². The van der Waals surface area contributed by atoms with Crippen LogP contribution in [0.5, 0.6) is 0 Å². The third kappa shape index (κ3) is 1.99. The number of carbonyl (C=O) groups is 1. The molecule has 2 heterocycles. The van der Waals surface area contributed by atoms with Gasteiger partial charge < -0.3 is 18.9 Å². The lowest BCUT2D eigenvalue weighted by molar-refractivity contribution is -0.327. The molecule has 0 aromatic rings. The van der Waals surface area contributed by atoms with Crippen LogP contribution in [0.15, 0.2) is 12.7 Å². The van der Waals surface area contributed by atoms with Crippen LogP contribution >= 0.6 is 0 Å². The van der Waals surface area contributed by atoms with Crippen molar-refractivity contribution in [2.24, 2.45) is 0 Å². The van der Waals surface area contributed by atoms with E-state index in [0.29, 0.717) is 6.42 Å². The van der Waals surface area contributed by atoms with Crippen molar-refractivity contribution in [3.05, 3.63) is 12.7 Å². The predicted molar refractivity (Wildman–Crippen MR) is 59.3 cm³/mol. The van der Waals surface area contributed by atoms with Gasteiger partial charge in [-0.05, 0) is 13.3 Å². The minimum absolute atomic E-state index is 0.359.